The van der Waals surface area contributed by atoms with Crippen LogP contribution in [0.1, 0.15) is 27.7 Å². The van der Waals surface area contributed by atoms with Gasteiger partial charge in [0.1, 0.15) is 5.78 Å². The van der Waals surface area contributed by atoms with Crippen LogP contribution < -0.4 is 11.1 Å². The highest BCUT2D eigenvalue weighted by atomic mass is 16.1. The number of nitrogens with two attached hydrogens (primary N) is 1. The van der Waals surface area contributed by atoms with Crippen molar-refractivity contribution in [3.05, 3.63) is 0 Å². The van der Waals surface area contributed by atoms with E-state index in [4.69, 9.17) is 5.73 Å². The number of primary amides is 1. The van der Waals surface area contributed by atoms with Gasteiger partial charge in [0, 0.05) is 0 Å². The van der Waals surface area contributed by atoms with Crippen LogP contribution in [0.3, 0.4) is 0 Å². The second-order valence-corrected chi connectivity index (χ2v) is 4.26. The summed E-state index contributed by atoms with van der Waals surface area (Å²) in [5, 5.41) is 2.83. The molecule has 0 aliphatic heterocycles. The van der Waals surface area contributed by atoms with E-state index in [1.54, 1.807) is 0 Å². The molecule has 0 spiro atoms. The van der Waals surface area contributed by atoms with Gasteiger partial charge in [-0.1, -0.05) is 20.8 Å². The predicted molar refractivity (Wildman–Crippen MR) is 51.1 cm³/mol. The monoisotopic (exact) mass is 186 g/mol. The number of hydrogen-bond acceptors (Lipinski definition) is 3. The topological polar surface area (TPSA) is 72.2 Å². The quantitative estimate of drug-likeness (QED) is 0.652. The first-order chi connectivity index (χ1) is 5.75. The average molecular weight is 186 g/mol. The van der Waals surface area contributed by atoms with E-state index < -0.39 is 5.91 Å². The van der Waals surface area contributed by atoms with Gasteiger partial charge in [0.15, 0.2) is 0 Å². The number of amides is 1. The van der Waals surface area contributed by atoms with Crippen LogP contribution in [0.4, 0.5) is 0 Å². The lowest BCUT2D eigenvalue weighted by molar-refractivity contribution is -0.122. The van der Waals surface area contributed by atoms with Crippen molar-refractivity contribution in [1.29, 1.82) is 0 Å². The van der Waals surface area contributed by atoms with Gasteiger partial charge in [0.25, 0.3) is 0 Å². The van der Waals surface area contributed by atoms with Crippen LogP contribution in [0.5, 0.6) is 0 Å². The Morgan fingerprint density at radius 1 is 1.38 bits per heavy atom. The molecular weight excluding hydrogens is 168 g/mol. The van der Waals surface area contributed by atoms with Crippen LogP contribution in [0, 0.1) is 5.41 Å². The summed E-state index contributed by atoms with van der Waals surface area (Å²) in [6.45, 7) is 7.36. The zero-order valence-corrected chi connectivity index (χ0v) is 8.68. The largest absolute Gasteiger partial charge is 0.369 e. The zero-order chi connectivity index (χ0) is 10.6. The fourth-order valence-corrected chi connectivity index (χ4v) is 1.26. The van der Waals surface area contributed by atoms with E-state index in [9.17, 15) is 9.59 Å². The van der Waals surface area contributed by atoms with Crippen molar-refractivity contribution in [2.75, 3.05) is 6.54 Å². The maximum absolute atomic E-state index is 11.2. The Kier molecular flexibility index (Phi) is 4.07. The van der Waals surface area contributed by atoms with Gasteiger partial charge >= 0.3 is 0 Å². The van der Waals surface area contributed by atoms with Crippen LogP contribution >= 0.6 is 0 Å². The Morgan fingerprint density at radius 3 is 2.08 bits per heavy atom. The van der Waals surface area contributed by atoms with E-state index >= 15 is 0 Å². The molecule has 13 heavy (non-hydrogen) atoms. The smallest absolute Gasteiger partial charge is 0.231 e. The molecule has 0 radical (unpaired) electrons. The lowest BCUT2D eigenvalue weighted by atomic mass is 9.84. The summed E-state index contributed by atoms with van der Waals surface area (Å²) in [6.07, 6.45) is 0. The van der Waals surface area contributed by atoms with E-state index in [1.165, 1.54) is 6.92 Å². The first kappa shape index (κ1) is 12.1. The minimum atomic E-state index is -0.449. The maximum Gasteiger partial charge on any atom is 0.231 e. The van der Waals surface area contributed by atoms with Crippen LogP contribution in [-0.2, 0) is 9.59 Å². The van der Waals surface area contributed by atoms with Crippen molar-refractivity contribution in [2.45, 2.75) is 33.7 Å². The SMILES string of the molecule is CC(=O)C(NCC(N)=O)C(C)(C)C. The van der Waals surface area contributed by atoms with Gasteiger partial charge in [0.05, 0.1) is 12.6 Å². The van der Waals surface area contributed by atoms with Gasteiger partial charge < -0.3 is 5.73 Å². The van der Waals surface area contributed by atoms with Crippen molar-refractivity contribution in [1.82, 2.24) is 5.32 Å². The molecule has 1 amide bonds. The van der Waals surface area contributed by atoms with Crippen LogP contribution in [0.2, 0.25) is 0 Å². The molecule has 0 aromatic rings. The molecule has 0 aliphatic carbocycles. The Hall–Kier alpha value is -0.900. The lowest BCUT2D eigenvalue weighted by Gasteiger charge is -2.28. The summed E-state index contributed by atoms with van der Waals surface area (Å²) in [5.74, 6) is -0.427. The standard InChI is InChI=1S/C9H18N2O2/c1-6(12)8(9(2,3)4)11-5-7(10)13/h8,11H,5H2,1-4H3,(H2,10,13). The van der Waals surface area contributed by atoms with Crippen molar-refractivity contribution < 1.29 is 9.59 Å². The van der Waals surface area contributed by atoms with E-state index in [0.29, 0.717) is 0 Å². The number of rotatable bonds is 4. The summed E-state index contributed by atoms with van der Waals surface area (Å²) in [5.41, 5.74) is 4.78. The average Bonchev–Trinajstić information content (AvgIpc) is 1.81. The molecule has 4 heteroatoms. The predicted octanol–water partition coefficient (Wildman–Crippen LogP) is 0.0650. The van der Waals surface area contributed by atoms with E-state index in [2.05, 4.69) is 5.32 Å². The number of carbonyl (C=O) groups is 2. The molecule has 0 saturated heterocycles. The highest BCUT2D eigenvalue weighted by Gasteiger charge is 2.28. The highest BCUT2D eigenvalue weighted by molar-refractivity contribution is 5.83. The molecule has 0 rings (SSSR count). The van der Waals surface area contributed by atoms with Gasteiger partial charge in [-0.15, -0.1) is 0 Å². The van der Waals surface area contributed by atoms with Crippen molar-refractivity contribution in [3.63, 3.8) is 0 Å². The normalized spacial score (nSPS) is 13.8. The van der Waals surface area contributed by atoms with Crippen molar-refractivity contribution >= 4 is 11.7 Å². The Morgan fingerprint density at radius 2 is 1.85 bits per heavy atom. The van der Waals surface area contributed by atoms with E-state index in [0.717, 1.165) is 0 Å². The fourth-order valence-electron chi connectivity index (χ4n) is 1.26. The minimum Gasteiger partial charge on any atom is -0.369 e. The molecule has 4 nitrogen and oxygen atoms in total. The number of hydrogen-bond donors (Lipinski definition) is 2. The molecule has 0 saturated carbocycles. The number of ketones is 1. The number of carbonyl (C=O) groups excluding carboxylic acids is 2. The summed E-state index contributed by atoms with van der Waals surface area (Å²) in [7, 11) is 0. The molecule has 0 bridgehead atoms. The van der Waals surface area contributed by atoms with Crippen LogP contribution in [0.25, 0.3) is 0 Å². The molecule has 76 valence electrons. The Balaban J connectivity index is 4.28. The van der Waals surface area contributed by atoms with E-state index in [1.807, 2.05) is 20.8 Å². The molecule has 1 unspecified atom stereocenters. The fraction of sp³-hybridized carbons (Fsp3) is 0.778. The van der Waals surface area contributed by atoms with Gasteiger partial charge in [-0.05, 0) is 12.3 Å². The highest BCUT2D eigenvalue weighted by Crippen LogP contribution is 2.19. The molecule has 0 aromatic carbocycles. The minimum absolute atomic E-state index is 0.0220. The van der Waals surface area contributed by atoms with Crippen molar-refractivity contribution in [2.24, 2.45) is 11.1 Å². The molecule has 0 aliphatic rings. The molecule has 0 fully saturated rings. The van der Waals surface area contributed by atoms with Gasteiger partial charge in [-0.3, -0.25) is 14.9 Å². The van der Waals surface area contributed by atoms with Gasteiger partial charge in [-0.25, -0.2) is 0 Å². The maximum atomic E-state index is 11.2. The molecule has 0 aromatic heterocycles. The van der Waals surface area contributed by atoms with Crippen molar-refractivity contribution in [3.8, 4) is 0 Å². The third kappa shape index (κ3) is 4.62. The third-order valence-corrected chi connectivity index (χ3v) is 1.75. The lowest BCUT2D eigenvalue weighted by Crippen LogP contribution is -2.48. The molecular formula is C9H18N2O2. The Bertz CT molecular complexity index is 206. The second kappa shape index (κ2) is 4.37. The van der Waals surface area contributed by atoms with Crippen LogP contribution in [-0.4, -0.2) is 24.3 Å². The third-order valence-electron chi connectivity index (χ3n) is 1.75. The summed E-state index contributed by atoms with van der Waals surface area (Å²) in [4.78, 5) is 21.7. The summed E-state index contributed by atoms with van der Waals surface area (Å²) < 4.78 is 0. The number of Topliss-reactive ketones (excluding diaryl/α,β-unsaturated/α-hetero) is 1. The van der Waals surface area contributed by atoms with Gasteiger partial charge in [-0.2, -0.15) is 0 Å². The second-order valence-electron chi connectivity index (χ2n) is 4.26. The summed E-state index contributed by atoms with van der Waals surface area (Å²) in [6, 6.07) is -0.319. The first-order valence-electron chi connectivity index (χ1n) is 4.27. The molecule has 3 N–H and O–H groups in total. The Labute approximate surface area is 78.9 Å². The molecule has 1 atom stereocenters. The summed E-state index contributed by atoms with van der Waals surface area (Å²) >= 11 is 0. The zero-order valence-electron chi connectivity index (χ0n) is 8.68. The molecule has 0 heterocycles. The first-order valence-corrected chi connectivity index (χ1v) is 4.27. The van der Waals surface area contributed by atoms with E-state index in [-0.39, 0.29) is 23.8 Å². The van der Waals surface area contributed by atoms with Crippen LogP contribution in [0.15, 0.2) is 0 Å². The number of nitrogens with one attached hydrogen (secondary N) is 1. The van der Waals surface area contributed by atoms with Gasteiger partial charge in [0.2, 0.25) is 5.91 Å².